The molecule has 0 unspecified atom stereocenters. The maximum atomic E-state index is 12.1. The van der Waals surface area contributed by atoms with Gasteiger partial charge in [-0.3, -0.25) is 4.79 Å². The molecule has 1 amide bonds. The van der Waals surface area contributed by atoms with Gasteiger partial charge in [0.2, 0.25) is 0 Å². The van der Waals surface area contributed by atoms with E-state index in [1.807, 2.05) is 37.3 Å². The molecule has 1 heterocycles. The summed E-state index contributed by atoms with van der Waals surface area (Å²) in [7, 11) is 0. The van der Waals surface area contributed by atoms with Crippen LogP contribution in [0.3, 0.4) is 0 Å². The van der Waals surface area contributed by atoms with Crippen LogP contribution in [0.1, 0.15) is 11.1 Å². The zero-order valence-corrected chi connectivity index (χ0v) is 14.3. The van der Waals surface area contributed by atoms with Gasteiger partial charge in [0, 0.05) is 5.56 Å². The molecule has 0 saturated heterocycles. The smallest absolute Gasteiger partial charge is 0.338 e. The molecule has 0 radical (unpaired) electrons. The van der Waals surface area contributed by atoms with Gasteiger partial charge in [0.15, 0.2) is 6.61 Å². The zero-order chi connectivity index (χ0) is 17.8. The third-order valence-electron chi connectivity index (χ3n) is 3.63. The Bertz CT molecular complexity index is 860. The first-order valence-electron chi connectivity index (χ1n) is 7.68. The van der Waals surface area contributed by atoms with E-state index in [1.54, 1.807) is 18.2 Å². The quantitative estimate of drug-likeness (QED) is 0.849. The first-order chi connectivity index (χ1) is 12.0. The standard InChI is InChI=1S/C19H16ClNO4/c1-12-6-7-16(15(20)8-12)21-18(22)11-25-19(23)14-9-13-4-2-3-5-17(13)24-10-14/h2-9H,10-11H2,1H3,(H,21,22). The van der Waals surface area contributed by atoms with Gasteiger partial charge in [-0.15, -0.1) is 0 Å². The third kappa shape index (κ3) is 4.19. The number of benzene rings is 2. The summed E-state index contributed by atoms with van der Waals surface area (Å²) in [4.78, 5) is 24.0. The van der Waals surface area contributed by atoms with E-state index in [1.165, 1.54) is 0 Å². The Morgan fingerprint density at radius 1 is 1.24 bits per heavy atom. The lowest BCUT2D eigenvalue weighted by Gasteiger charge is -2.17. The van der Waals surface area contributed by atoms with Crippen LogP contribution in [0, 0.1) is 6.92 Å². The van der Waals surface area contributed by atoms with Gasteiger partial charge in [0.25, 0.3) is 5.91 Å². The lowest BCUT2D eigenvalue weighted by atomic mass is 10.1. The topological polar surface area (TPSA) is 64.6 Å². The Balaban J connectivity index is 1.57. The van der Waals surface area contributed by atoms with Crippen LogP contribution in [-0.4, -0.2) is 25.1 Å². The molecule has 128 valence electrons. The van der Waals surface area contributed by atoms with E-state index in [-0.39, 0.29) is 6.61 Å². The summed E-state index contributed by atoms with van der Waals surface area (Å²) < 4.78 is 10.6. The van der Waals surface area contributed by atoms with E-state index in [9.17, 15) is 9.59 Å². The number of hydrogen-bond donors (Lipinski definition) is 1. The third-order valence-corrected chi connectivity index (χ3v) is 3.94. The number of anilines is 1. The van der Waals surface area contributed by atoms with Crippen LogP contribution in [0.15, 0.2) is 48.0 Å². The van der Waals surface area contributed by atoms with Crippen LogP contribution in [0.25, 0.3) is 6.08 Å². The van der Waals surface area contributed by atoms with Crippen molar-refractivity contribution in [2.24, 2.45) is 0 Å². The van der Waals surface area contributed by atoms with Crippen molar-refractivity contribution >= 4 is 35.2 Å². The highest BCUT2D eigenvalue weighted by atomic mass is 35.5. The SMILES string of the molecule is Cc1ccc(NC(=O)COC(=O)C2=Cc3ccccc3OC2)c(Cl)c1. The number of rotatable bonds is 4. The number of nitrogens with one attached hydrogen (secondary N) is 1. The van der Waals surface area contributed by atoms with Gasteiger partial charge < -0.3 is 14.8 Å². The van der Waals surface area contributed by atoms with Gasteiger partial charge in [-0.1, -0.05) is 35.9 Å². The number of halogens is 1. The highest BCUT2D eigenvalue weighted by molar-refractivity contribution is 6.33. The van der Waals surface area contributed by atoms with E-state index in [0.29, 0.717) is 22.0 Å². The van der Waals surface area contributed by atoms with Crippen LogP contribution >= 0.6 is 11.6 Å². The summed E-state index contributed by atoms with van der Waals surface area (Å²) in [5.74, 6) is -0.331. The van der Waals surface area contributed by atoms with E-state index in [0.717, 1.165) is 11.1 Å². The van der Waals surface area contributed by atoms with Crippen LogP contribution in [0.4, 0.5) is 5.69 Å². The summed E-state index contributed by atoms with van der Waals surface area (Å²) in [5.41, 5.74) is 2.62. The van der Waals surface area contributed by atoms with E-state index >= 15 is 0 Å². The van der Waals surface area contributed by atoms with E-state index < -0.39 is 18.5 Å². The molecule has 0 aliphatic carbocycles. The first-order valence-corrected chi connectivity index (χ1v) is 8.06. The summed E-state index contributed by atoms with van der Waals surface area (Å²) >= 11 is 6.06. The second-order valence-electron chi connectivity index (χ2n) is 5.60. The first kappa shape index (κ1) is 17.0. The van der Waals surface area contributed by atoms with Crippen LogP contribution in [-0.2, 0) is 14.3 Å². The number of fused-ring (bicyclic) bond motifs is 1. The maximum absolute atomic E-state index is 12.1. The normalized spacial score (nSPS) is 12.5. The Morgan fingerprint density at radius 2 is 2.04 bits per heavy atom. The van der Waals surface area contributed by atoms with Crippen molar-refractivity contribution in [1.82, 2.24) is 0 Å². The molecule has 0 bridgehead atoms. The molecule has 0 fully saturated rings. The summed E-state index contributed by atoms with van der Waals surface area (Å²) in [6.07, 6.45) is 1.70. The molecule has 5 nitrogen and oxygen atoms in total. The molecule has 0 spiro atoms. The number of esters is 1. The molecule has 2 aromatic carbocycles. The van der Waals surface area contributed by atoms with Crippen molar-refractivity contribution in [3.05, 3.63) is 64.2 Å². The Morgan fingerprint density at radius 3 is 2.84 bits per heavy atom. The molecule has 0 atom stereocenters. The van der Waals surface area contributed by atoms with Crippen LogP contribution < -0.4 is 10.1 Å². The minimum absolute atomic E-state index is 0.112. The van der Waals surface area contributed by atoms with Gasteiger partial charge in [0.1, 0.15) is 12.4 Å². The van der Waals surface area contributed by atoms with Crippen LogP contribution in [0.5, 0.6) is 5.75 Å². The van der Waals surface area contributed by atoms with Gasteiger partial charge in [-0.2, -0.15) is 0 Å². The maximum Gasteiger partial charge on any atom is 0.338 e. The lowest BCUT2D eigenvalue weighted by Crippen LogP contribution is -2.24. The number of para-hydroxylation sites is 1. The molecule has 0 aromatic heterocycles. The number of ether oxygens (including phenoxy) is 2. The van der Waals surface area contributed by atoms with Crippen molar-refractivity contribution in [2.45, 2.75) is 6.92 Å². The number of hydrogen-bond acceptors (Lipinski definition) is 4. The van der Waals surface area contributed by atoms with E-state index in [4.69, 9.17) is 21.1 Å². The number of amides is 1. The second-order valence-corrected chi connectivity index (χ2v) is 6.01. The second kappa shape index (κ2) is 7.40. The fourth-order valence-electron chi connectivity index (χ4n) is 2.37. The van der Waals surface area contributed by atoms with Gasteiger partial charge in [-0.25, -0.2) is 4.79 Å². The average Bonchev–Trinajstić information content (AvgIpc) is 2.61. The Hall–Kier alpha value is -2.79. The van der Waals surface area contributed by atoms with Gasteiger partial charge in [0.05, 0.1) is 16.3 Å². The van der Waals surface area contributed by atoms with Crippen molar-refractivity contribution in [3.8, 4) is 5.75 Å². The lowest BCUT2D eigenvalue weighted by molar-refractivity contribution is -0.143. The molecule has 1 aliphatic heterocycles. The predicted molar refractivity (Wildman–Crippen MR) is 95.7 cm³/mol. The average molecular weight is 358 g/mol. The van der Waals surface area contributed by atoms with Gasteiger partial charge >= 0.3 is 5.97 Å². The zero-order valence-electron chi connectivity index (χ0n) is 13.5. The van der Waals surface area contributed by atoms with Crippen molar-refractivity contribution in [2.75, 3.05) is 18.5 Å². The molecule has 3 rings (SSSR count). The summed E-state index contributed by atoms with van der Waals surface area (Å²) in [6.45, 7) is 1.61. The number of carbonyl (C=O) groups excluding carboxylic acids is 2. The molecule has 0 saturated carbocycles. The van der Waals surface area contributed by atoms with E-state index in [2.05, 4.69) is 5.32 Å². The minimum atomic E-state index is -0.584. The highest BCUT2D eigenvalue weighted by Gasteiger charge is 2.19. The fraction of sp³-hybridized carbons (Fsp3) is 0.158. The van der Waals surface area contributed by atoms with Crippen molar-refractivity contribution < 1.29 is 19.1 Å². The Labute approximate surface area is 150 Å². The largest absolute Gasteiger partial charge is 0.488 e. The van der Waals surface area contributed by atoms with Crippen molar-refractivity contribution in [1.29, 1.82) is 0 Å². The number of carbonyl (C=O) groups is 2. The molecule has 1 N–H and O–H groups in total. The Kier molecular flexibility index (Phi) is 5.05. The van der Waals surface area contributed by atoms with Gasteiger partial charge in [-0.05, 0) is 36.8 Å². The summed E-state index contributed by atoms with van der Waals surface area (Å²) in [6, 6.07) is 12.6. The monoisotopic (exact) mass is 357 g/mol. The number of aryl methyl sites for hydroxylation is 1. The predicted octanol–water partition coefficient (Wildman–Crippen LogP) is 3.61. The molecule has 25 heavy (non-hydrogen) atoms. The van der Waals surface area contributed by atoms with Crippen molar-refractivity contribution in [3.63, 3.8) is 0 Å². The van der Waals surface area contributed by atoms with Crippen LogP contribution in [0.2, 0.25) is 5.02 Å². The molecule has 6 heteroatoms. The molecule has 2 aromatic rings. The molecular formula is C19H16ClNO4. The molecule has 1 aliphatic rings. The highest BCUT2D eigenvalue weighted by Crippen LogP contribution is 2.26. The summed E-state index contributed by atoms with van der Waals surface area (Å²) in [5, 5.41) is 3.04. The molecular weight excluding hydrogens is 342 g/mol. The minimum Gasteiger partial charge on any atom is -0.488 e. The fourth-order valence-corrected chi connectivity index (χ4v) is 2.65.